The average molecular weight is 291 g/mol. The van der Waals surface area contributed by atoms with E-state index in [1.165, 1.54) is 58.2 Å². The second-order valence-corrected chi connectivity index (χ2v) is 8.59. The third-order valence-corrected chi connectivity index (χ3v) is 7.01. The Morgan fingerprint density at radius 2 is 1.52 bits per heavy atom. The number of hydrogen-bond donors (Lipinski definition) is 0. The molecule has 1 heterocycles. The molecular formula is C19H33NO. The van der Waals surface area contributed by atoms with Crippen LogP contribution in [0.3, 0.4) is 0 Å². The number of ether oxygens (including phenoxy) is 1. The lowest BCUT2D eigenvalue weighted by atomic mass is 9.48. The summed E-state index contributed by atoms with van der Waals surface area (Å²) in [6.45, 7) is 6.95. The number of piperidine rings is 1. The average Bonchev–Trinajstić information content (AvgIpc) is 2.46. The molecule has 1 aliphatic heterocycles. The van der Waals surface area contributed by atoms with Gasteiger partial charge in [-0.25, -0.2) is 0 Å². The second kappa shape index (κ2) is 5.85. The zero-order valence-corrected chi connectivity index (χ0v) is 13.9. The Bertz CT molecular complexity index is 325. The van der Waals surface area contributed by atoms with Crippen molar-refractivity contribution in [3.63, 3.8) is 0 Å². The van der Waals surface area contributed by atoms with E-state index in [0.29, 0.717) is 11.5 Å². The fourth-order valence-corrected chi connectivity index (χ4v) is 6.57. The molecule has 0 radical (unpaired) electrons. The summed E-state index contributed by atoms with van der Waals surface area (Å²) in [5.74, 6) is 3.13. The lowest BCUT2D eigenvalue weighted by molar-refractivity contribution is -0.147. The molecule has 0 aromatic heterocycles. The van der Waals surface area contributed by atoms with Gasteiger partial charge in [-0.1, -0.05) is 6.42 Å². The van der Waals surface area contributed by atoms with Gasteiger partial charge in [-0.05, 0) is 94.5 Å². The number of nitrogens with zero attached hydrogens (tertiary/aromatic N) is 1. The van der Waals surface area contributed by atoms with Crippen molar-refractivity contribution in [1.82, 2.24) is 4.90 Å². The molecule has 1 saturated heterocycles. The van der Waals surface area contributed by atoms with Crippen molar-refractivity contribution in [3.8, 4) is 0 Å². The largest absolute Gasteiger partial charge is 0.377 e. The van der Waals surface area contributed by atoms with E-state index >= 15 is 0 Å². The van der Waals surface area contributed by atoms with Crippen molar-refractivity contribution in [1.29, 1.82) is 0 Å². The van der Waals surface area contributed by atoms with E-state index < -0.39 is 0 Å². The number of hydrogen-bond acceptors (Lipinski definition) is 2. The SMILES string of the molecule is CCOC(CN1CCCCC1)C12CC3CC(CC(C3)C1)C2. The summed E-state index contributed by atoms with van der Waals surface area (Å²) in [5.41, 5.74) is 0.558. The predicted molar refractivity (Wildman–Crippen MR) is 86.3 cm³/mol. The molecule has 0 aromatic carbocycles. The van der Waals surface area contributed by atoms with E-state index in [1.807, 2.05) is 0 Å². The summed E-state index contributed by atoms with van der Waals surface area (Å²) in [7, 11) is 0. The van der Waals surface area contributed by atoms with Gasteiger partial charge in [-0.3, -0.25) is 0 Å². The van der Waals surface area contributed by atoms with Gasteiger partial charge in [-0.2, -0.15) is 0 Å². The predicted octanol–water partition coefficient (Wildman–Crippen LogP) is 4.09. The van der Waals surface area contributed by atoms with Gasteiger partial charge in [0.1, 0.15) is 0 Å². The van der Waals surface area contributed by atoms with E-state index in [9.17, 15) is 0 Å². The van der Waals surface area contributed by atoms with E-state index in [4.69, 9.17) is 4.74 Å². The van der Waals surface area contributed by atoms with Crippen LogP contribution in [0.25, 0.3) is 0 Å². The summed E-state index contributed by atoms with van der Waals surface area (Å²) in [4.78, 5) is 2.71. The van der Waals surface area contributed by atoms with Gasteiger partial charge in [-0.15, -0.1) is 0 Å². The first-order valence-electron chi connectivity index (χ1n) is 9.61. The highest BCUT2D eigenvalue weighted by atomic mass is 16.5. The van der Waals surface area contributed by atoms with Gasteiger partial charge in [0.2, 0.25) is 0 Å². The van der Waals surface area contributed by atoms with Crippen LogP contribution in [0.4, 0.5) is 0 Å². The van der Waals surface area contributed by atoms with Crippen LogP contribution >= 0.6 is 0 Å². The lowest BCUT2D eigenvalue weighted by Crippen LogP contribution is -2.55. The minimum Gasteiger partial charge on any atom is -0.377 e. The van der Waals surface area contributed by atoms with Crippen LogP contribution in [0.2, 0.25) is 0 Å². The summed E-state index contributed by atoms with van der Waals surface area (Å²) in [5, 5.41) is 0. The normalized spacial score (nSPS) is 44.1. The summed E-state index contributed by atoms with van der Waals surface area (Å²) in [6.07, 6.45) is 13.8. The number of likely N-dealkylation sites (tertiary alicyclic amines) is 1. The molecule has 0 N–H and O–H groups in total. The zero-order chi connectivity index (χ0) is 14.3. The smallest absolute Gasteiger partial charge is 0.0758 e. The minimum atomic E-state index is 0.522. The third kappa shape index (κ3) is 2.79. The molecule has 0 aromatic rings. The first-order chi connectivity index (χ1) is 10.3. The van der Waals surface area contributed by atoms with Crippen molar-refractivity contribution in [2.75, 3.05) is 26.2 Å². The van der Waals surface area contributed by atoms with Crippen LogP contribution in [-0.2, 0) is 4.74 Å². The standard InChI is InChI=1S/C19H33NO/c1-2-21-18(14-20-6-4-3-5-7-20)19-11-15-8-16(12-19)10-17(9-15)13-19/h15-18H,2-14H2,1H3. The topological polar surface area (TPSA) is 12.5 Å². The van der Waals surface area contributed by atoms with E-state index in [1.54, 1.807) is 19.3 Å². The molecule has 1 atom stereocenters. The minimum absolute atomic E-state index is 0.522. The van der Waals surface area contributed by atoms with E-state index in [-0.39, 0.29) is 0 Å². The Morgan fingerprint density at radius 1 is 0.952 bits per heavy atom. The molecule has 0 spiro atoms. The molecule has 4 bridgehead atoms. The molecule has 2 heteroatoms. The van der Waals surface area contributed by atoms with Crippen molar-refractivity contribution in [3.05, 3.63) is 0 Å². The van der Waals surface area contributed by atoms with E-state index in [2.05, 4.69) is 11.8 Å². The molecule has 0 amide bonds. The molecule has 1 unspecified atom stereocenters. The first kappa shape index (κ1) is 14.5. The Kier molecular flexibility index (Phi) is 4.04. The summed E-state index contributed by atoms with van der Waals surface area (Å²) >= 11 is 0. The third-order valence-electron chi connectivity index (χ3n) is 7.01. The Labute approximate surface area is 130 Å². The van der Waals surface area contributed by atoms with Crippen LogP contribution < -0.4 is 0 Å². The Morgan fingerprint density at radius 3 is 2.05 bits per heavy atom. The molecule has 5 rings (SSSR count). The molecule has 2 nitrogen and oxygen atoms in total. The van der Waals surface area contributed by atoms with Gasteiger partial charge >= 0.3 is 0 Å². The maximum atomic E-state index is 6.39. The fourth-order valence-electron chi connectivity index (χ4n) is 6.57. The van der Waals surface area contributed by atoms with Gasteiger partial charge in [0.25, 0.3) is 0 Å². The monoisotopic (exact) mass is 291 g/mol. The maximum Gasteiger partial charge on any atom is 0.0758 e. The van der Waals surface area contributed by atoms with Crippen LogP contribution in [0.1, 0.15) is 64.7 Å². The fraction of sp³-hybridized carbons (Fsp3) is 1.00. The quantitative estimate of drug-likeness (QED) is 0.756. The highest BCUT2D eigenvalue weighted by molar-refractivity contribution is 5.05. The van der Waals surface area contributed by atoms with Crippen molar-refractivity contribution in [2.24, 2.45) is 23.2 Å². The molecule has 4 aliphatic carbocycles. The lowest BCUT2D eigenvalue weighted by Gasteiger charge is -2.59. The Hall–Kier alpha value is -0.0800. The van der Waals surface area contributed by atoms with Gasteiger partial charge in [0.15, 0.2) is 0 Å². The Balaban J connectivity index is 1.49. The van der Waals surface area contributed by atoms with Crippen LogP contribution in [0.15, 0.2) is 0 Å². The molecule has 5 aliphatic rings. The molecule has 4 saturated carbocycles. The zero-order valence-electron chi connectivity index (χ0n) is 13.9. The van der Waals surface area contributed by atoms with Gasteiger partial charge < -0.3 is 9.64 Å². The van der Waals surface area contributed by atoms with Crippen molar-refractivity contribution in [2.45, 2.75) is 70.8 Å². The summed E-state index contributed by atoms with van der Waals surface area (Å²) < 4.78 is 6.39. The second-order valence-electron chi connectivity index (χ2n) is 8.59. The highest BCUT2D eigenvalue weighted by Gasteiger charge is 2.54. The van der Waals surface area contributed by atoms with Crippen molar-refractivity contribution < 1.29 is 4.74 Å². The number of rotatable bonds is 5. The van der Waals surface area contributed by atoms with Gasteiger partial charge in [0.05, 0.1) is 6.10 Å². The van der Waals surface area contributed by atoms with Crippen LogP contribution in [0.5, 0.6) is 0 Å². The highest BCUT2D eigenvalue weighted by Crippen LogP contribution is 2.61. The molecule has 120 valence electrons. The van der Waals surface area contributed by atoms with Gasteiger partial charge in [0, 0.05) is 13.2 Å². The molecular weight excluding hydrogens is 258 g/mol. The maximum absolute atomic E-state index is 6.39. The summed E-state index contributed by atoms with van der Waals surface area (Å²) in [6, 6.07) is 0. The first-order valence-corrected chi connectivity index (χ1v) is 9.61. The van der Waals surface area contributed by atoms with E-state index in [0.717, 1.165) is 24.4 Å². The molecule has 5 fully saturated rings. The van der Waals surface area contributed by atoms with Crippen LogP contribution in [0, 0.1) is 23.2 Å². The molecule has 21 heavy (non-hydrogen) atoms. The van der Waals surface area contributed by atoms with Crippen molar-refractivity contribution >= 4 is 0 Å². The van der Waals surface area contributed by atoms with Crippen LogP contribution in [-0.4, -0.2) is 37.2 Å².